The molecule has 0 aromatic rings. The molecule has 0 aliphatic heterocycles. The van der Waals surface area contributed by atoms with Gasteiger partial charge in [0.05, 0.1) is 6.61 Å². The molecule has 58 valence electrons. The Hall–Kier alpha value is -1.10. The first-order chi connectivity index (χ1) is 4.70. The number of rotatable bonds is 3. The number of hydroxylamine groups is 1. The molecule has 0 rings (SSSR count). The summed E-state index contributed by atoms with van der Waals surface area (Å²) in [6.07, 6.45) is -0.440. The summed E-state index contributed by atoms with van der Waals surface area (Å²) in [5.74, 6) is -1.41. The fourth-order valence-electron chi connectivity index (χ4n) is 0.383. The van der Waals surface area contributed by atoms with Gasteiger partial charge in [0.15, 0.2) is 0 Å². The average molecular weight is 147 g/mol. The maximum absolute atomic E-state index is 10.4. The Labute approximate surface area is 57.9 Å². The van der Waals surface area contributed by atoms with E-state index in [1.165, 1.54) is 5.48 Å². The largest absolute Gasteiger partial charge is 0.466 e. The normalized spacial score (nSPS) is 8.60. The third-order valence-electron chi connectivity index (χ3n) is 0.735. The highest BCUT2D eigenvalue weighted by Crippen LogP contribution is 1.84. The molecular weight excluding hydrogens is 138 g/mol. The lowest BCUT2D eigenvalue weighted by atomic mass is 10.4. The first-order valence-electron chi connectivity index (χ1n) is 2.79. The number of carbonyl (C=O) groups is 2. The van der Waals surface area contributed by atoms with Crippen LogP contribution >= 0.6 is 0 Å². The van der Waals surface area contributed by atoms with E-state index in [4.69, 9.17) is 5.21 Å². The van der Waals surface area contributed by atoms with Crippen molar-refractivity contribution in [3.63, 3.8) is 0 Å². The Morgan fingerprint density at radius 3 is 2.60 bits per heavy atom. The summed E-state index contributed by atoms with van der Waals surface area (Å²) in [7, 11) is 0. The van der Waals surface area contributed by atoms with Crippen molar-refractivity contribution in [1.82, 2.24) is 5.48 Å². The first kappa shape index (κ1) is 8.90. The topological polar surface area (TPSA) is 75.6 Å². The Bertz CT molecular complexity index is 134. The van der Waals surface area contributed by atoms with Crippen molar-refractivity contribution in [2.45, 2.75) is 13.3 Å². The minimum absolute atomic E-state index is 0.234. The van der Waals surface area contributed by atoms with Crippen LogP contribution in [-0.4, -0.2) is 23.7 Å². The van der Waals surface area contributed by atoms with Crippen molar-refractivity contribution in [1.29, 1.82) is 0 Å². The van der Waals surface area contributed by atoms with Crippen LogP contribution in [0.4, 0.5) is 0 Å². The van der Waals surface area contributed by atoms with E-state index in [0.717, 1.165) is 0 Å². The standard InChI is InChI=1S/C5H9NO4/c1-2-10-5(8)3-4(7)6-9/h9H,2-3H2,1H3,(H,6,7). The maximum atomic E-state index is 10.4. The molecule has 0 bridgehead atoms. The van der Waals surface area contributed by atoms with Gasteiger partial charge in [-0.05, 0) is 6.92 Å². The second-order valence-corrected chi connectivity index (χ2v) is 1.52. The molecule has 0 saturated heterocycles. The summed E-state index contributed by atoms with van der Waals surface area (Å²) in [6.45, 7) is 1.87. The Kier molecular flexibility index (Phi) is 4.23. The fraction of sp³-hybridized carbons (Fsp3) is 0.600. The first-order valence-corrected chi connectivity index (χ1v) is 2.79. The molecule has 2 N–H and O–H groups in total. The molecule has 0 unspecified atom stereocenters. The average Bonchev–Trinajstić information content (AvgIpc) is 1.88. The van der Waals surface area contributed by atoms with Crippen LogP contribution < -0.4 is 5.48 Å². The van der Waals surface area contributed by atoms with Crippen LogP contribution in [-0.2, 0) is 14.3 Å². The van der Waals surface area contributed by atoms with Crippen molar-refractivity contribution < 1.29 is 19.5 Å². The molecule has 0 aromatic carbocycles. The second-order valence-electron chi connectivity index (χ2n) is 1.52. The zero-order valence-electron chi connectivity index (χ0n) is 5.59. The predicted molar refractivity (Wildman–Crippen MR) is 31.2 cm³/mol. The number of hydrogen-bond acceptors (Lipinski definition) is 4. The lowest BCUT2D eigenvalue weighted by Gasteiger charge is -1.98. The molecule has 5 nitrogen and oxygen atoms in total. The molecule has 0 atom stereocenters. The van der Waals surface area contributed by atoms with Gasteiger partial charge >= 0.3 is 5.97 Å². The van der Waals surface area contributed by atoms with E-state index in [-0.39, 0.29) is 6.61 Å². The molecule has 10 heavy (non-hydrogen) atoms. The molecule has 0 aliphatic carbocycles. The zero-order valence-corrected chi connectivity index (χ0v) is 5.59. The van der Waals surface area contributed by atoms with E-state index in [1.54, 1.807) is 6.92 Å². The van der Waals surface area contributed by atoms with Crippen LogP contribution in [0.25, 0.3) is 0 Å². The Morgan fingerprint density at radius 2 is 2.20 bits per heavy atom. The van der Waals surface area contributed by atoms with Crippen LogP contribution in [0.15, 0.2) is 0 Å². The molecule has 0 radical (unpaired) electrons. The van der Waals surface area contributed by atoms with Gasteiger partial charge in [-0.15, -0.1) is 0 Å². The smallest absolute Gasteiger partial charge is 0.315 e. The van der Waals surface area contributed by atoms with Crippen molar-refractivity contribution in [3.8, 4) is 0 Å². The van der Waals surface area contributed by atoms with E-state index in [1.807, 2.05) is 0 Å². The summed E-state index contributed by atoms with van der Waals surface area (Å²) in [6, 6.07) is 0. The van der Waals surface area contributed by atoms with Gasteiger partial charge in [0.2, 0.25) is 0 Å². The molecule has 5 heteroatoms. The van der Waals surface area contributed by atoms with Crippen LogP contribution in [0.1, 0.15) is 13.3 Å². The predicted octanol–water partition coefficient (Wildman–Crippen LogP) is -0.555. The number of esters is 1. The molecule has 0 spiro atoms. The summed E-state index contributed by atoms with van der Waals surface area (Å²) in [4.78, 5) is 20.7. The zero-order chi connectivity index (χ0) is 7.98. The molecule has 0 fully saturated rings. The van der Waals surface area contributed by atoms with Crippen molar-refractivity contribution in [2.24, 2.45) is 0 Å². The Morgan fingerprint density at radius 1 is 1.60 bits per heavy atom. The van der Waals surface area contributed by atoms with Gasteiger partial charge < -0.3 is 4.74 Å². The maximum Gasteiger partial charge on any atom is 0.315 e. The third-order valence-corrected chi connectivity index (χ3v) is 0.735. The summed E-state index contributed by atoms with van der Waals surface area (Å²) in [5, 5.41) is 7.94. The van der Waals surface area contributed by atoms with E-state index >= 15 is 0 Å². The van der Waals surface area contributed by atoms with E-state index < -0.39 is 18.3 Å². The van der Waals surface area contributed by atoms with Crippen LogP contribution in [0.2, 0.25) is 0 Å². The van der Waals surface area contributed by atoms with Crippen molar-refractivity contribution in [3.05, 3.63) is 0 Å². The highest BCUT2D eigenvalue weighted by molar-refractivity contribution is 5.93. The molecule has 0 aromatic heterocycles. The molecular formula is C5H9NO4. The summed E-state index contributed by atoms with van der Waals surface area (Å²) < 4.78 is 4.40. The number of nitrogens with one attached hydrogen (secondary N) is 1. The van der Waals surface area contributed by atoms with Gasteiger partial charge in [-0.25, -0.2) is 5.48 Å². The lowest BCUT2D eigenvalue weighted by molar-refractivity contribution is -0.147. The Balaban J connectivity index is 3.47. The summed E-state index contributed by atoms with van der Waals surface area (Å²) >= 11 is 0. The monoisotopic (exact) mass is 147 g/mol. The van der Waals surface area contributed by atoms with Crippen molar-refractivity contribution >= 4 is 11.9 Å². The van der Waals surface area contributed by atoms with Crippen molar-refractivity contribution in [2.75, 3.05) is 6.61 Å². The fourth-order valence-corrected chi connectivity index (χ4v) is 0.383. The van der Waals surface area contributed by atoms with Gasteiger partial charge in [-0.3, -0.25) is 14.8 Å². The summed E-state index contributed by atoms with van der Waals surface area (Å²) in [5.41, 5.74) is 1.31. The molecule has 1 amide bonds. The quantitative estimate of drug-likeness (QED) is 0.243. The second kappa shape index (κ2) is 4.75. The van der Waals surface area contributed by atoms with Gasteiger partial charge in [-0.2, -0.15) is 0 Å². The SMILES string of the molecule is CCOC(=O)CC(=O)NO. The third kappa shape index (κ3) is 3.85. The number of amides is 1. The molecule has 0 aliphatic rings. The minimum atomic E-state index is -0.765. The number of carbonyl (C=O) groups excluding carboxylic acids is 2. The van der Waals surface area contributed by atoms with Gasteiger partial charge in [0.25, 0.3) is 5.91 Å². The van der Waals surface area contributed by atoms with Gasteiger partial charge in [-0.1, -0.05) is 0 Å². The van der Waals surface area contributed by atoms with Crippen LogP contribution in [0.3, 0.4) is 0 Å². The molecule has 0 heterocycles. The lowest BCUT2D eigenvalue weighted by Crippen LogP contribution is -2.22. The van der Waals surface area contributed by atoms with E-state index in [0.29, 0.717) is 0 Å². The van der Waals surface area contributed by atoms with E-state index in [9.17, 15) is 9.59 Å². The molecule has 0 saturated carbocycles. The highest BCUT2D eigenvalue weighted by atomic mass is 16.5. The highest BCUT2D eigenvalue weighted by Gasteiger charge is 2.07. The van der Waals surface area contributed by atoms with Gasteiger partial charge in [0.1, 0.15) is 6.42 Å². The number of ether oxygens (including phenoxy) is 1. The minimum Gasteiger partial charge on any atom is -0.466 e. The van der Waals surface area contributed by atoms with Gasteiger partial charge in [0, 0.05) is 0 Å². The van der Waals surface area contributed by atoms with Crippen LogP contribution in [0, 0.1) is 0 Å². The van der Waals surface area contributed by atoms with Crippen LogP contribution in [0.5, 0.6) is 0 Å². The number of hydrogen-bond donors (Lipinski definition) is 2. The van der Waals surface area contributed by atoms with E-state index in [2.05, 4.69) is 4.74 Å².